The molecule has 0 spiro atoms. The highest BCUT2D eigenvalue weighted by atomic mass is 16.6. The van der Waals surface area contributed by atoms with E-state index >= 15 is 0 Å². The molecule has 6 nitrogen and oxygen atoms in total. The first-order valence-electron chi connectivity index (χ1n) is 27.8. The van der Waals surface area contributed by atoms with Crippen molar-refractivity contribution < 1.29 is 28.6 Å². The largest absolute Gasteiger partial charge is 0.462 e. The minimum absolute atomic E-state index is 0.0958. The second kappa shape index (κ2) is 54.9. The van der Waals surface area contributed by atoms with Gasteiger partial charge in [0.25, 0.3) is 0 Å². The molecule has 0 N–H and O–H groups in total. The summed E-state index contributed by atoms with van der Waals surface area (Å²) in [6, 6.07) is 0. The lowest BCUT2D eigenvalue weighted by Crippen LogP contribution is -2.30. The number of hydrogen-bond acceptors (Lipinski definition) is 6. The molecular formula is C61H102O6. The second-order valence-corrected chi connectivity index (χ2v) is 18.3. The van der Waals surface area contributed by atoms with Crippen LogP contribution in [0.1, 0.15) is 252 Å². The molecule has 1 unspecified atom stereocenters. The quantitative estimate of drug-likeness (QED) is 0.0199. The normalized spacial score (nSPS) is 12.8. The topological polar surface area (TPSA) is 78.9 Å². The Bertz CT molecular complexity index is 1350. The Labute approximate surface area is 413 Å². The van der Waals surface area contributed by atoms with Crippen molar-refractivity contribution in [1.82, 2.24) is 0 Å². The molecule has 382 valence electrons. The van der Waals surface area contributed by atoms with Gasteiger partial charge in [0, 0.05) is 19.3 Å². The molecule has 0 radical (unpaired) electrons. The molecule has 0 heterocycles. The summed E-state index contributed by atoms with van der Waals surface area (Å²) in [6.45, 7) is 6.44. The Kier molecular flexibility index (Phi) is 51.9. The van der Waals surface area contributed by atoms with Crippen molar-refractivity contribution in [2.45, 2.75) is 258 Å². The highest BCUT2D eigenvalue weighted by Gasteiger charge is 2.19. The van der Waals surface area contributed by atoms with Crippen molar-refractivity contribution in [2.75, 3.05) is 13.2 Å². The monoisotopic (exact) mass is 931 g/mol. The Morgan fingerprint density at radius 2 is 0.597 bits per heavy atom. The van der Waals surface area contributed by atoms with E-state index in [0.29, 0.717) is 19.3 Å². The molecule has 67 heavy (non-hydrogen) atoms. The summed E-state index contributed by atoms with van der Waals surface area (Å²) < 4.78 is 16.8. The van der Waals surface area contributed by atoms with E-state index in [0.717, 1.165) is 109 Å². The maximum absolute atomic E-state index is 12.8. The summed E-state index contributed by atoms with van der Waals surface area (Å²) in [6.07, 6.45) is 72.4. The molecule has 0 fully saturated rings. The number of unbranched alkanes of at least 4 members (excludes halogenated alkanes) is 27. The molecular weight excluding hydrogens is 829 g/mol. The van der Waals surface area contributed by atoms with Crippen LogP contribution in [-0.2, 0) is 28.6 Å². The van der Waals surface area contributed by atoms with E-state index in [1.165, 1.54) is 103 Å². The lowest BCUT2D eigenvalue weighted by molar-refractivity contribution is -0.167. The first-order chi connectivity index (χ1) is 33.0. The zero-order valence-electron chi connectivity index (χ0n) is 43.6. The van der Waals surface area contributed by atoms with Crippen molar-refractivity contribution >= 4 is 17.9 Å². The standard InChI is InChI=1S/C61H102O6/c1-4-7-10-13-16-19-22-25-28-30-31-34-36-39-42-45-48-51-54-60(63)66-57-58(56-65-59(62)53-50-47-44-41-38-35-32-27-24-21-18-15-12-9-6-3)67-61(64)55-52-49-46-43-40-37-33-29-26-23-20-17-14-11-8-5-2/h9,12,15-16,18-19,21-22,24-25,28-31,33-34,58H,4-8,10-11,13-14,17,20,23,26-27,32,35-57H2,1-3H3/b12-9-,18-15-,19-16-,24-21-,25-22-,30-28-,33-29-,34-31-. The molecule has 0 saturated carbocycles. The van der Waals surface area contributed by atoms with Gasteiger partial charge in [-0.1, -0.05) is 240 Å². The molecule has 0 amide bonds. The van der Waals surface area contributed by atoms with Crippen molar-refractivity contribution in [3.8, 4) is 0 Å². The summed E-state index contributed by atoms with van der Waals surface area (Å²) >= 11 is 0. The summed E-state index contributed by atoms with van der Waals surface area (Å²) in [5.74, 6) is -0.937. The molecule has 0 aromatic carbocycles. The summed E-state index contributed by atoms with van der Waals surface area (Å²) in [4.78, 5) is 38.1. The van der Waals surface area contributed by atoms with Crippen LogP contribution in [0.25, 0.3) is 0 Å². The maximum Gasteiger partial charge on any atom is 0.306 e. The van der Waals surface area contributed by atoms with Crippen LogP contribution >= 0.6 is 0 Å². The van der Waals surface area contributed by atoms with Crippen LogP contribution in [0.2, 0.25) is 0 Å². The first kappa shape index (κ1) is 63.3. The fourth-order valence-corrected chi connectivity index (χ4v) is 7.51. The zero-order valence-corrected chi connectivity index (χ0v) is 43.6. The molecule has 0 aliphatic carbocycles. The summed E-state index contributed by atoms with van der Waals surface area (Å²) in [5.41, 5.74) is 0. The van der Waals surface area contributed by atoms with Gasteiger partial charge in [-0.2, -0.15) is 0 Å². The van der Waals surface area contributed by atoms with E-state index < -0.39 is 6.10 Å². The number of hydrogen-bond donors (Lipinski definition) is 0. The number of esters is 3. The number of allylic oxidation sites excluding steroid dienone is 16. The van der Waals surface area contributed by atoms with E-state index in [9.17, 15) is 14.4 Å². The number of ether oxygens (including phenoxy) is 3. The minimum atomic E-state index is -0.798. The molecule has 0 bridgehead atoms. The van der Waals surface area contributed by atoms with E-state index in [1.807, 2.05) is 0 Å². The highest BCUT2D eigenvalue weighted by molar-refractivity contribution is 5.71. The summed E-state index contributed by atoms with van der Waals surface area (Å²) in [7, 11) is 0. The fraction of sp³-hybridized carbons (Fsp3) is 0.689. The molecule has 6 heteroatoms. The number of carbonyl (C=O) groups is 3. The Hall–Kier alpha value is -3.67. The third-order valence-corrected chi connectivity index (χ3v) is 11.7. The Balaban J connectivity index is 4.47. The van der Waals surface area contributed by atoms with E-state index in [4.69, 9.17) is 14.2 Å². The predicted molar refractivity (Wildman–Crippen MR) is 288 cm³/mol. The van der Waals surface area contributed by atoms with E-state index in [1.54, 1.807) is 0 Å². The van der Waals surface area contributed by atoms with Gasteiger partial charge in [0.15, 0.2) is 6.10 Å². The molecule has 0 aliphatic heterocycles. The first-order valence-corrected chi connectivity index (χ1v) is 27.8. The van der Waals surface area contributed by atoms with E-state index in [-0.39, 0.29) is 31.1 Å². The van der Waals surface area contributed by atoms with Crippen LogP contribution in [0, 0.1) is 0 Å². The van der Waals surface area contributed by atoms with Gasteiger partial charge in [0.1, 0.15) is 13.2 Å². The van der Waals surface area contributed by atoms with Gasteiger partial charge >= 0.3 is 17.9 Å². The third kappa shape index (κ3) is 53.2. The Morgan fingerprint density at radius 3 is 0.985 bits per heavy atom. The van der Waals surface area contributed by atoms with Crippen LogP contribution in [0.15, 0.2) is 97.2 Å². The average Bonchev–Trinajstić information content (AvgIpc) is 3.33. The SMILES string of the molecule is CC\C=C/C=C\C=C/CCCCCCCCCC(=O)OCC(COC(=O)CCCCCCC\C=C/C=C\C=C/C=C\CCCCC)OC(=O)CCCCCCC/C=C\CCCCCCCCC. The Morgan fingerprint density at radius 1 is 0.313 bits per heavy atom. The molecule has 0 aliphatic rings. The van der Waals surface area contributed by atoms with Gasteiger partial charge in [0.2, 0.25) is 0 Å². The summed E-state index contributed by atoms with van der Waals surface area (Å²) in [5, 5.41) is 0. The lowest BCUT2D eigenvalue weighted by atomic mass is 10.1. The van der Waals surface area contributed by atoms with Gasteiger partial charge in [-0.25, -0.2) is 0 Å². The molecule has 0 saturated heterocycles. The van der Waals surface area contributed by atoms with Gasteiger partial charge < -0.3 is 14.2 Å². The average molecular weight is 931 g/mol. The van der Waals surface area contributed by atoms with Gasteiger partial charge in [-0.15, -0.1) is 0 Å². The van der Waals surface area contributed by atoms with Crippen LogP contribution in [-0.4, -0.2) is 37.2 Å². The van der Waals surface area contributed by atoms with Gasteiger partial charge in [-0.05, 0) is 89.9 Å². The smallest absolute Gasteiger partial charge is 0.306 e. The van der Waals surface area contributed by atoms with Crippen molar-refractivity contribution in [1.29, 1.82) is 0 Å². The highest BCUT2D eigenvalue weighted by Crippen LogP contribution is 2.14. The predicted octanol–water partition coefficient (Wildman–Crippen LogP) is 18.5. The molecule has 0 aromatic rings. The lowest BCUT2D eigenvalue weighted by Gasteiger charge is -2.18. The van der Waals surface area contributed by atoms with Crippen LogP contribution in [0.3, 0.4) is 0 Å². The van der Waals surface area contributed by atoms with Gasteiger partial charge in [0.05, 0.1) is 0 Å². The number of rotatable bonds is 49. The zero-order chi connectivity index (χ0) is 48.6. The second-order valence-electron chi connectivity index (χ2n) is 18.3. The molecule has 0 rings (SSSR count). The van der Waals surface area contributed by atoms with Crippen LogP contribution in [0.4, 0.5) is 0 Å². The molecule has 0 aromatic heterocycles. The number of carbonyl (C=O) groups excluding carboxylic acids is 3. The minimum Gasteiger partial charge on any atom is -0.462 e. The van der Waals surface area contributed by atoms with Crippen molar-refractivity contribution in [3.05, 3.63) is 97.2 Å². The van der Waals surface area contributed by atoms with Crippen LogP contribution in [0.5, 0.6) is 0 Å². The third-order valence-electron chi connectivity index (χ3n) is 11.7. The maximum atomic E-state index is 12.8. The van der Waals surface area contributed by atoms with Crippen molar-refractivity contribution in [3.63, 3.8) is 0 Å². The van der Waals surface area contributed by atoms with Gasteiger partial charge in [-0.3, -0.25) is 14.4 Å². The van der Waals surface area contributed by atoms with E-state index in [2.05, 4.69) is 118 Å². The van der Waals surface area contributed by atoms with Crippen molar-refractivity contribution in [2.24, 2.45) is 0 Å². The molecule has 1 atom stereocenters. The van der Waals surface area contributed by atoms with Crippen LogP contribution < -0.4 is 0 Å². The fourth-order valence-electron chi connectivity index (χ4n) is 7.51.